The SMILES string of the molecule is O=C(NC1CCOCC1)c1ccc(Oc2ccc(F)cc2Cl)nn1. The molecule has 1 fully saturated rings. The van der Waals surface area contributed by atoms with E-state index in [1.165, 1.54) is 24.3 Å². The van der Waals surface area contributed by atoms with E-state index in [0.717, 1.165) is 18.9 Å². The van der Waals surface area contributed by atoms with E-state index in [0.29, 0.717) is 13.2 Å². The van der Waals surface area contributed by atoms with Gasteiger partial charge in [-0.1, -0.05) is 11.6 Å². The average Bonchev–Trinajstić information content (AvgIpc) is 2.59. The van der Waals surface area contributed by atoms with Crippen LogP contribution in [-0.2, 0) is 4.74 Å². The summed E-state index contributed by atoms with van der Waals surface area (Å²) in [5.41, 5.74) is 0.194. The van der Waals surface area contributed by atoms with Gasteiger partial charge in [0.1, 0.15) is 11.6 Å². The van der Waals surface area contributed by atoms with E-state index in [1.54, 1.807) is 0 Å². The van der Waals surface area contributed by atoms with Gasteiger partial charge in [0.15, 0.2) is 5.69 Å². The highest BCUT2D eigenvalue weighted by Gasteiger charge is 2.18. The Hall–Kier alpha value is -2.25. The molecule has 126 valence electrons. The van der Waals surface area contributed by atoms with E-state index >= 15 is 0 Å². The first-order valence-corrected chi connectivity index (χ1v) is 7.85. The Morgan fingerprint density at radius 3 is 2.71 bits per heavy atom. The van der Waals surface area contributed by atoms with Crippen molar-refractivity contribution in [3.63, 3.8) is 0 Å². The van der Waals surface area contributed by atoms with Crippen molar-refractivity contribution in [2.24, 2.45) is 0 Å². The number of nitrogens with zero attached hydrogens (tertiary/aromatic N) is 2. The minimum atomic E-state index is -0.460. The lowest BCUT2D eigenvalue weighted by Crippen LogP contribution is -2.39. The van der Waals surface area contributed by atoms with Gasteiger partial charge in [0.25, 0.3) is 5.91 Å². The van der Waals surface area contributed by atoms with Crippen LogP contribution in [-0.4, -0.2) is 35.4 Å². The fraction of sp³-hybridized carbons (Fsp3) is 0.312. The summed E-state index contributed by atoms with van der Waals surface area (Å²) in [4.78, 5) is 12.1. The molecule has 1 saturated heterocycles. The standard InChI is InChI=1S/C16H15ClFN3O3/c17-12-9-10(18)1-3-14(12)24-15-4-2-13(20-21-15)16(22)19-11-5-7-23-8-6-11/h1-4,9,11H,5-8H2,(H,19,22). The highest BCUT2D eigenvalue weighted by molar-refractivity contribution is 6.32. The van der Waals surface area contributed by atoms with Gasteiger partial charge in [0.2, 0.25) is 5.88 Å². The zero-order valence-electron chi connectivity index (χ0n) is 12.7. The molecule has 1 aromatic carbocycles. The quantitative estimate of drug-likeness (QED) is 0.916. The number of amides is 1. The van der Waals surface area contributed by atoms with Gasteiger partial charge < -0.3 is 14.8 Å². The second-order valence-corrected chi connectivity index (χ2v) is 5.70. The molecule has 1 aliphatic rings. The van der Waals surface area contributed by atoms with E-state index in [1.807, 2.05) is 0 Å². The van der Waals surface area contributed by atoms with Crippen LogP contribution in [0.15, 0.2) is 30.3 Å². The number of halogens is 2. The maximum absolute atomic E-state index is 13.0. The van der Waals surface area contributed by atoms with Gasteiger partial charge >= 0.3 is 0 Å². The monoisotopic (exact) mass is 351 g/mol. The molecule has 1 amide bonds. The summed E-state index contributed by atoms with van der Waals surface area (Å²) >= 11 is 5.88. The van der Waals surface area contributed by atoms with Crippen LogP contribution in [0.25, 0.3) is 0 Å². The van der Waals surface area contributed by atoms with Crippen LogP contribution in [0.1, 0.15) is 23.3 Å². The van der Waals surface area contributed by atoms with Crippen molar-refractivity contribution in [2.45, 2.75) is 18.9 Å². The van der Waals surface area contributed by atoms with Crippen molar-refractivity contribution in [3.8, 4) is 11.6 Å². The van der Waals surface area contributed by atoms with Crippen LogP contribution in [0.5, 0.6) is 11.6 Å². The molecule has 1 aliphatic heterocycles. The molecule has 24 heavy (non-hydrogen) atoms. The topological polar surface area (TPSA) is 73.3 Å². The molecule has 6 nitrogen and oxygen atoms in total. The van der Waals surface area contributed by atoms with Gasteiger partial charge in [-0.3, -0.25) is 4.79 Å². The van der Waals surface area contributed by atoms with Crippen molar-refractivity contribution >= 4 is 17.5 Å². The first-order chi connectivity index (χ1) is 11.6. The van der Waals surface area contributed by atoms with Crippen LogP contribution < -0.4 is 10.1 Å². The first-order valence-electron chi connectivity index (χ1n) is 7.47. The summed E-state index contributed by atoms with van der Waals surface area (Å²) in [7, 11) is 0. The number of ether oxygens (including phenoxy) is 2. The van der Waals surface area contributed by atoms with Crippen LogP contribution in [0.4, 0.5) is 4.39 Å². The van der Waals surface area contributed by atoms with Gasteiger partial charge in [-0.15, -0.1) is 10.2 Å². The van der Waals surface area contributed by atoms with E-state index in [-0.39, 0.29) is 34.3 Å². The Balaban J connectivity index is 1.63. The van der Waals surface area contributed by atoms with Gasteiger partial charge in [-0.05, 0) is 37.1 Å². The summed E-state index contributed by atoms with van der Waals surface area (Å²) in [5.74, 6) is -0.336. The highest BCUT2D eigenvalue weighted by atomic mass is 35.5. The van der Waals surface area contributed by atoms with Crippen LogP contribution in [0, 0.1) is 5.82 Å². The fourth-order valence-corrected chi connectivity index (χ4v) is 2.47. The molecular formula is C16H15ClFN3O3. The fourth-order valence-electron chi connectivity index (χ4n) is 2.27. The van der Waals surface area contributed by atoms with Crippen LogP contribution in [0.3, 0.4) is 0 Å². The number of benzene rings is 1. The summed E-state index contributed by atoms with van der Waals surface area (Å²) in [5, 5.41) is 10.7. The third-order valence-corrected chi connectivity index (χ3v) is 3.83. The smallest absolute Gasteiger partial charge is 0.272 e. The molecule has 0 radical (unpaired) electrons. The van der Waals surface area contributed by atoms with Crippen molar-refractivity contribution in [2.75, 3.05) is 13.2 Å². The molecule has 0 aliphatic carbocycles. The summed E-state index contributed by atoms with van der Waals surface area (Å²) in [6.07, 6.45) is 1.56. The molecular weight excluding hydrogens is 337 g/mol. The molecule has 0 atom stereocenters. The van der Waals surface area contributed by atoms with Gasteiger partial charge in [-0.25, -0.2) is 4.39 Å². The number of nitrogens with one attached hydrogen (secondary N) is 1. The number of aromatic nitrogens is 2. The predicted octanol–water partition coefficient (Wildman–Crippen LogP) is 2.97. The zero-order valence-corrected chi connectivity index (χ0v) is 13.4. The minimum Gasteiger partial charge on any atom is -0.436 e. The average molecular weight is 352 g/mol. The predicted molar refractivity (Wildman–Crippen MR) is 84.8 cm³/mol. The molecule has 2 aromatic rings. The third-order valence-electron chi connectivity index (χ3n) is 3.54. The molecule has 0 saturated carbocycles. The number of carbonyl (C=O) groups excluding carboxylic acids is 1. The summed E-state index contributed by atoms with van der Waals surface area (Å²) < 4.78 is 23.7. The van der Waals surface area contributed by atoms with Gasteiger partial charge in [0, 0.05) is 25.3 Å². The van der Waals surface area contributed by atoms with E-state index < -0.39 is 5.82 Å². The van der Waals surface area contributed by atoms with Gasteiger partial charge in [0.05, 0.1) is 5.02 Å². The van der Waals surface area contributed by atoms with Crippen LogP contribution in [0.2, 0.25) is 5.02 Å². The minimum absolute atomic E-state index is 0.0852. The van der Waals surface area contributed by atoms with E-state index in [4.69, 9.17) is 21.1 Å². The lowest BCUT2D eigenvalue weighted by atomic mass is 10.1. The lowest BCUT2D eigenvalue weighted by molar-refractivity contribution is 0.0693. The summed E-state index contributed by atoms with van der Waals surface area (Å²) in [6, 6.07) is 6.86. The number of rotatable bonds is 4. The van der Waals surface area contributed by atoms with E-state index in [2.05, 4.69) is 15.5 Å². The lowest BCUT2D eigenvalue weighted by Gasteiger charge is -2.22. The third kappa shape index (κ3) is 4.18. The van der Waals surface area contributed by atoms with Crippen LogP contribution >= 0.6 is 11.6 Å². The highest BCUT2D eigenvalue weighted by Crippen LogP contribution is 2.28. The second-order valence-electron chi connectivity index (χ2n) is 5.29. The number of hydrogen-bond acceptors (Lipinski definition) is 5. The molecule has 1 aromatic heterocycles. The van der Waals surface area contributed by atoms with Crippen molar-refractivity contribution in [1.82, 2.24) is 15.5 Å². The normalized spacial score (nSPS) is 15.1. The number of carbonyl (C=O) groups is 1. The molecule has 1 N–H and O–H groups in total. The maximum atomic E-state index is 13.0. The molecule has 0 unspecified atom stereocenters. The zero-order chi connectivity index (χ0) is 16.9. The maximum Gasteiger partial charge on any atom is 0.272 e. The Labute approximate surface area is 142 Å². The molecule has 0 spiro atoms. The van der Waals surface area contributed by atoms with E-state index in [9.17, 15) is 9.18 Å². The Morgan fingerprint density at radius 2 is 2.04 bits per heavy atom. The molecule has 2 heterocycles. The molecule has 8 heteroatoms. The van der Waals surface area contributed by atoms with Gasteiger partial charge in [-0.2, -0.15) is 0 Å². The second kappa shape index (κ2) is 7.55. The Bertz CT molecular complexity index is 721. The largest absolute Gasteiger partial charge is 0.436 e. The Morgan fingerprint density at radius 1 is 1.25 bits per heavy atom. The number of hydrogen-bond donors (Lipinski definition) is 1. The van der Waals surface area contributed by atoms with Crippen molar-refractivity contribution < 1.29 is 18.7 Å². The molecule has 0 bridgehead atoms. The van der Waals surface area contributed by atoms with Crippen molar-refractivity contribution in [3.05, 3.63) is 46.9 Å². The first kappa shape index (κ1) is 16.6. The summed E-state index contributed by atoms with van der Waals surface area (Å²) in [6.45, 7) is 1.28. The molecule has 3 rings (SSSR count). The van der Waals surface area contributed by atoms with Crippen molar-refractivity contribution in [1.29, 1.82) is 0 Å². The Kier molecular flexibility index (Phi) is 5.22.